The molecule has 0 aliphatic carbocycles. The average Bonchev–Trinajstić information content (AvgIpc) is 2.78. The summed E-state index contributed by atoms with van der Waals surface area (Å²) < 4.78 is 0. The van der Waals surface area contributed by atoms with Crippen molar-refractivity contribution in [3.63, 3.8) is 0 Å². The van der Waals surface area contributed by atoms with E-state index in [0.717, 1.165) is 0 Å². The van der Waals surface area contributed by atoms with Crippen LogP contribution >= 0.6 is 8.19 Å². The highest BCUT2D eigenvalue weighted by Gasteiger charge is 2.15. The van der Waals surface area contributed by atoms with Gasteiger partial charge in [0.25, 0.3) is 0 Å². The van der Waals surface area contributed by atoms with Gasteiger partial charge in [0.15, 0.2) is 0 Å². The molecule has 0 aliphatic heterocycles. The van der Waals surface area contributed by atoms with E-state index >= 15 is 0 Å². The Morgan fingerprint density at radius 2 is 0.929 bits per heavy atom. The first-order valence-corrected chi connectivity index (χ1v) is 10.5. The van der Waals surface area contributed by atoms with E-state index in [1.807, 2.05) is 0 Å². The number of fused-ring (bicyclic) bond motifs is 6. The van der Waals surface area contributed by atoms with Crippen molar-refractivity contribution in [1.29, 1.82) is 0 Å². The van der Waals surface area contributed by atoms with Gasteiger partial charge in [-0.05, 0) is 44.8 Å². The van der Waals surface area contributed by atoms with Crippen molar-refractivity contribution in [2.75, 3.05) is 0 Å². The van der Waals surface area contributed by atoms with Crippen LogP contribution in [0, 0.1) is 0 Å². The van der Waals surface area contributed by atoms with Crippen molar-refractivity contribution in [3.05, 3.63) is 103 Å². The fourth-order valence-corrected chi connectivity index (χ4v) is 5.63. The molecular weight excluding hydrogens is 355 g/mol. The van der Waals surface area contributed by atoms with E-state index in [1.54, 1.807) is 0 Å². The van der Waals surface area contributed by atoms with Crippen molar-refractivity contribution < 1.29 is 0 Å². The smallest absolute Gasteiger partial charge is 0.0109 e. The van der Waals surface area contributed by atoms with Crippen LogP contribution < -0.4 is 0 Å². The predicted molar refractivity (Wildman–Crippen MR) is 124 cm³/mol. The molecule has 0 saturated carbocycles. The van der Waals surface area contributed by atoms with Crippen LogP contribution in [0.3, 0.4) is 0 Å². The summed E-state index contributed by atoms with van der Waals surface area (Å²) in [6, 6.07) is 37.5. The molecular formula is C27H17P. The highest BCUT2D eigenvalue weighted by Crippen LogP contribution is 2.46. The molecule has 6 rings (SSSR count). The maximum atomic E-state index is 2.31. The molecule has 0 amide bonds. The Bertz CT molecular complexity index is 1400. The summed E-state index contributed by atoms with van der Waals surface area (Å²) in [5.41, 5.74) is 2.64. The van der Waals surface area contributed by atoms with Gasteiger partial charge in [0, 0.05) is 21.0 Å². The molecule has 1 aromatic heterocycles. The number of hydrogen-bond donors (Lipinski definition) is 0. The third-order valence-electron chi connectivity index (χ3n) is 5.62. The molecule has 0 nitrogen and oxygen atoms in total. The van der Waals surface area contributed by atoms with E-state index < -0.39 is 0 Å². The third kappa shape index (κ3) is 2.29. The molecule has 5 aromatic carbocycles. The molecule has 0 unspecified atom stereocenters. The number of hydrogen-bond acceptors (Lipinski definition) is 0. The molecule has 0 saturated heterocycles. The lowest BCUT2D eigenvalue weighted by Crippen LogP contribution is -1.87. The van der Waals surface area contributed by atoms with Gasteiger partial charge in [-0.3, -0.25) is 0 Å². The van der Waals surface area contributed by atoms with Gasteiger partial charge < -0.3 is 0 Å². The second-order valence-corrected chi connectivity index (χ2v) is 8.40. The van der Waals surface area contributed by atoms with Crippen LogP contribution in [0.1, 0.15) is 0 Å². The topological polar surface area (TPSA) is 0 Å². The quantitative estimate of drug-likeness (QED) is 0.200. The Hall–Kier alpha value is -3.21. The number of rotatable bonds is 1. The molecule has 0 spiro atoms. The summed E-state index contributed by atoms with van der Waals surface area (Å²) in [5, 5.41) is 10.8. The minimum Gasteiger partial charge on any atom is -0.0622 e. The summed E-state index contributed by atoms with van der Waals surface area (Å²) in [6.45, 7) is 0. The van der Waals surface area contributed by atoms with E-state index in [0.29, 0.717) is 0 Å². The maximum Gasteiger partial charge on any atom is 0.0109 e. The summed E-state index contributed by atoms with van der Waals surface area (Å²) in [4.78, 5) is 0. The maximum absolute atomic E-state index is 2.31. The minimum atomic E-state index is 1.28. The molecule has 28 heavy (non-hydrogen) atoms. The molecule has 6 aromatic rings. The van der Waals surface area contributed by atoms with Gasteiger partial charge in [-0.1, -0.05) is 99.2 Å². The molecule has 130 valence electrons. The van der Waals surface area contributed by atoms with Crippen LogP contribution in [-0.4, -0.2) is 0 Å². The van der Waals surface area contributed by atoms with Crippen LogP contribution in [0.15, 0.2) is 103 Å². The normalized spacial score (nSPS) is 11.6. The van der Waals surface area contributed by atoms with Gasteiger partial charge in [0.05, 0.1) is 0 Å². The van der Waals surface area contributed by atoms with E-state index in [2.05, 4.69) is 103 Å². The summed E-state index contributed by atoms with van der Waals surface area (Å²) in [5.74, 6) is 0. The molecule has 1 heteroatoms. The second kappa shape index (κ2) is 6.16. The Balaban J connectivity index is 1.97. The average molecular weight is 372 g/mol. The van der Waals surface area contributed by atoms with Crippen LogP contribution in [0.2, 0.25) is 0 Å². The Morgan fingerprint density at radius 3 is 1.50 bits per heavy atom. The van der Waals surface area contributed by atoms with Crippen LogP contribution in [-0.2, 0) is 0 Å². The van der Waals surface area contributed by atoms with Gasteiger partial charge in [-0.15, -0.1) is 0 Å². The van der Waals surface area contributed by atoms with Crippen molar-refractivity contribution >= 4 is 50.7 Å². The molecule has 0 aliphatic rings. The predicted octanol–water partition coefficient (Wildman–Crippen LogP) is 8.55. The van der Waals surface area contributed by atoms with Crippen molar-refractivity contribution in [2.24, 2.45) is 0 Å². The second-order valence-electron chi connectivity index (χ2n) is 7.21. The zero-order valence-electron chi connectivity index (χ0n) is 15.3. The minimum absolute atomic E-state index is 1.28. The summed E-state index contributed by atoms with van der Waals surface area (Å²) >= 11 is 0. The van der Waals surface area contributed by atoms with E-state index in [1.165, 1.54) is 61.9 Å². The summed E-state index contributed by atoms with van der Waals surface area (Å²) in [7, 11) is 1.29. The monoisotopic (exact) mass is 372 g/mol. The van der Waals surface area contributed by atoms with Gasteiger partial charge in [-0.2, -0.15) is 0 Å². The third-order valence-corrected chi connectivity index (χ3v) is 6.84. The first-order valence-electron chi connectivity index (χ1n) is 9.58. The van der Waals surface area contributed by atoms with Crippen molar-refractivity contribution in [3.8, 4) is 11.1 Å². The molecule has 0 radical (unpaired) electrons. The Kier molecular flexibility index (Phi) is 3.48. The van der Waals surface area contributed by atoms with E-state index in [4.69, 9.17) is 0 Å². The molecule has 0 bridgehead atoms. The Morgan fingerprint density at radius 1 is 0.429 bits per heavy atom. The fraction of sp³-hybridized carbons (Fsp3) is 0. The zero-order chi connectivity index (χ0) is 18.5. The molecule has 0 N–H and O–H groups in total. The first-order chi connectivity index (χ1) is 13.9. The number of benzene rings is 5. The lowest BCUT2D eigenvalue weighted by molar-refractivity contribution is 1.69. The van der Waals surface area contributed by atoms with Crippen LogP contribution in [0.4, 0.5) is 0 Å². The SMILES string of the molecule is c1ccc(-c2c3c(ccc4ccccc43)pc3ccc4ccccc4c23)cc1. The van der Waals surface area contributed by atoms with Gasteiger partial charge in [0.2, 0.25) is 0 Å². The van der Waals surface area contributed by atoms with Crippen LogP contribution in [0.5, 0.6) is 0 Å². The van der Waals surface area contributed by atoms with Crippen LogP contribution in [0.25, 0.3) is 53.7 Å². The molecule has 1 heterocycles. The fourth-order valence-electron chi connectivity index (χ4n) is 4.38. The van der Waals surface area contributed by atoms with Gasteiger partial charge in [-0.25, -0.2) is 0 Å². The standard InChI is InChI=1S/C27H17P/c1-2-10-20(11-3-1)25-26-21-12-6-4-8-18(21)14-16-23(26)28-24-17-15-19-9-5-7-13-22(19)27(24)25/h1-17H. The van der Waals surface area contributed by atoms with Gasteiger partial charge >= 0.3 is 0 Å². The van der Waals surface area contributed by atoms with E-state index in [9.17, 15) is 0 Å². The lowest BCUT2D eigenvalue weighted by Gasteiger charge is -2.16. The molecule has 0 fully saturated rings. The van der Waals surface area contributed by atoms with Crippen molar-refractivity contribution in [1.82, 2.24) is 0 Å². The first kappa shape index (κ1) is 15.8. The van der Waals surface area contributed by atoms with Crippen molar-refractivity contribution in [2.45, 2.75) is 0 Å². The van der Waals surface area contributed by atoms with E-state index in [-0.39, 0.29) is 0 Å². The lowest BCUT2D eigenvalue weighted by atomic mass is 9.92. The van der Waals surface area contributed by atoms with Gasteiger partial charge in [0.1, 0.15) is 0 Å². The Labute approximate surface area is 165 Å². The zero-order valence-corrected chi connectivity index (χ0v) is 16.2. The molecule has 0 atom stereocenters. The summed E-state index contributed by atoms with van der Waals surface area (Å²) in [6.07, 6.45) is 0. The highest BCUT2D eigenvalue weighted by atomic mass is 31.0. The largest absolute Gasteiger partial charge is 0.0622 e. The highest BCUT2D eigenvalue weighted by molar-refractivity contribution is 7.43.